The molecular formula is C11H17BrN2O2S. The fraction of sp³-hybridized carbons (Fsp3) is 0.545. The SMILES string of the molecule is CSC[C@](C)(O)CNC(=O)c1cc(Br)cn1C. The zero-order valence-corrected chi connectivity index (χ0v) is 12.6. The molecular weight excluding hydrogens is 304 g/mol. The van der Waals surface area contributed by atoms with Gasteiger partial charge in [0.1, 0.15) is 5.69 Å². The molecule has 1 amide bonds. The van der Waals surface area contributed by atoms with E-state index in [1.165, 1.54) is 0 Å². The Hall–Kier alpha value is -0.460. The van der Waals surface area contributed by atoms with Gasteiger partial charge in [0.15, 0.2) is 0 Å². The number of aliphatic hydroxyl groups is 1. The van der Waals surface area contributed by atoms with Crippen molar-refractivity contribution in [3.8, 4) is 0 Å². The number of rotatable bonds is 5. The highest BCUT2D eigenvalue weighted by atomic mass is 79.9. The number of nitrogens with zero attached hydrogens (tertiary/aromatic N) is 1. The van der Waals surface area contributed by atoms with Crippen molar-refractivity contribution in [2.45, 2.75) is 12.5 Å². The molecule has 0 spiro atoms. The molecule has 96 valence electrons. The van der Waals surface area contributed by atoms with E-state index in [1.807, 2.05) is 12.5 Å². The molecule has 0 saturated heterocycles. The van der Waals surface area contributed by atoms with Crippen LogP contribution in [0.4, 0.5) is 0 Å². The average Bonchev–Trinajstić information content (AvgIpc) is 2.54. The van der Waals surface area contributed by atoms with Crippen LogP contribution in [0.25, 0.3) is 0 Å². The Bertz CT molecular complexity index is 404. The molecule has 1 heterocycles. The maximum Gasteiger partial charge on any atom is 0.268 e. The lowest BCUT2D eigenvalue weighted by Crippen LogP contribution is -2.42. The summed E-state index contributed by atoms with van der Waals surface area (Å²) in [5, 5.41) is 12.7. The van der Waals surface area contributed by atoms with Crippen LogP contribution >= 0.6 is 27.7 Å². The quantitative estimate of drug-likeness (QED) is 0.867. The Balaban J connectivity index is 2.59. The molecule has 0 aromatic carbocycles. The number of hydrogen-bond donors (Lipinski definition) is 2. The number of nitrogens with one attached hydrogen (secondary N) is 1. The predicted octanol–water partition coefficient (Wildman–Crippen LogP) is 1.63. The molecule has 0 unspecified atom stereocenters. The summed E-state index contributed by atoms with van der Waals surface area (Å²) in [5.74, 6) is 0.406. The lowest BCUT2D eigenvalue weighted by atomic mass is 10.1. The summed E-state index contributed by atoms with van der Waals surface area (Å²) in [6.07, 6.45) is 3.74. The Morgan fingerprint density at radius 1 is 1.71 bits per heavy atom. The van der Waals surface area contributed by atoms with Gasteiger partial charge >= 0.3 is 0 Å². The van der Waals surface area contributed by atoms with Gasteiger partial charge in [-0.15, -0.1) is 0 Å². The number of aryl methyl sites for hydroxylation is 1. The normalized spacial score (nSPS) is 14.4. The van der Waals surface area contributed by atoms with Crippen LogP contribution in [0.2, 0.25) is 0 Å². The number of amides is 1. The minimum atomic E-state index is -0.878. The van der Waals surface area contributed by atoms with Gasteiger partial charge in [-0.1, -0.05) is 0 Å². The minimum Gasteiger partial charge on any atom is -0.387 e. The highest BCUT2D eigenvalue weighted by Crippen LogP contribution is 2.14. The molecule has 0 radical (unpaired) electrons. The van der Waals surface area contributed by atoms with Crippen LogP contribution in [0.3, 0.4) is 0 Å². The summed E-state index contributed by atoms with van der Waals surface area (Å²) in [7, 11) is 1.81. The van der Waals surface area contributed by atoms with Gasteiger partial charge in [0.05, 0.1) is 5.60 Å². The Labute approximate surface area is 114 Å². The largest absolute Gasteiger partial charge is 0.387 e. The molecule has 1 aromatic heterocycles. The van der Waals surface area contributed by atoms with Gasteiger partial charge in [0.2, 0.25) is 0 Å². The Kier molecular flexibility index (Phi) is 5.09. The molecule has 6 heteroatoms. The van der Waals surface area contributed by atoms with Crippen LogP contribution in [-0.2, 0) is 7.05 Å². The fourth-order valence-corrected chi connectivity index (χ4v) is 2.72. The van der Waals surface area contributed by atoms with E-state index >= 15 is 0 Å². The van der Waals surface area contributed by atoms with Crippen LogP contribution < -0.4 is 5.32 Å². The lowest BCUT2D eigenvalue weighted by Gasteiger charge is -2.22. The lowest BCUT2D eigenvalue weighted by molar-refractivity contribution is 0.0720. The maximum absolute atomic E-state index is 11.9. The molecule has 1 aromatic rings. The molecule has 0 aliphatic rings. The summed E-state index contributed by atoms with van der Waals surface area (Å²) in [5.41, 5.74) is -0.311. The van der Waals surface area contributed by atoms with Crippen LogP contribution in [0.15, 0.2) is 16.7 Å². The van der Waals surface area contributed by atoms with Gasteiger partial charge in [0.25, 0.3) is 5.91 Å². The smallest absolute Gasteiger partial charge is 0.268 e. The van der Waals surface area contributed by atoms with Crippen LogP contribution in [0.5, 0.6) is 0 Å². The number of thioether (sulfide) groups is 1. The molecule has 4 nitrogen and oxygen atoms in total. The molecule has 0 aliphatic heterocycles. The molecule has 1 atom stereocenters. The van der Waals surface area contributed by atoms with Gasteiger partial charge in [-0.3, -0.25) is 4.79 Å². The molecule has 0 aliphatic carbocycles. The average molecular weight is 321 g/mol. The summed E-state index contributed by atoms with van der Waals surface area (Å²) < 4.78 is 2.60. The van der Waals surface area contributed by atoms with E-state index in [9.17, 15) is 9.90 Å². The van der Waals surface area contributed by atoms with E-state index in [0.29, 0.717) is 11.4 Å². The van der Waals surface area contributed by atoms with Crippen molar-refractivity contribution in [2.75, 3.05) is 18.6 Å². The third kappa shape index (κ3) is 4.37. The zero-order valence-electron chi connectivity index (χ0n) is 10.2. The third-order valence-corrected chi connectivity index (χ3v) is 3.63. The summed E-state index contributed by atoms with van der Waals surface area (Å²) in [4.78, 5) is 11.9. The highest BCUT2D eigenvalue weighted by molar-refractivity contribution is 9.10. The number of halogens is 1. The standard InChI is InChI=1S/C11H17BrN2O2S/c1-11(16,7-17-3)6-13-10(15)9-4-8(12)5-14(9)2/h4-5,16H,6-7H2,1-3H3,(H,13,15)/t11-/m1/s1. The predicted molar refractivity (Wildman–Crippen MR) is 74.5 cm³/mol. The second kappa shape index (κ2) is 5.93. The minimum absolute atomic E-state index is 0.181. The molecule has 2 N–H and O–H groups in total. The molecule has 0 bridgehead atoms. The van der Waals surface area contributed by atoms with E-state index < -0.39 is 5.60 Å². The van der Waals surface area contributed by atoms with E-state index in [2.05, 4.69) is 21.2 Å². The third-order valence-electron chi connectivity index (χ3n) is 2.29. The summed E-state index contributed by atoms with van der Waals surface area (Å²) >= 11 is 4.86. The number of aromatic nitrogens is 1. The first-order valence-electron chi connectivity index (χ1n) is 5.17. The van der Waals surface area contributed by atoms with E-state index in [4.69, 9.17) is 0 Å². The molecule has 1 rings (SSSR count). The number of hydrogen-bond acceptors (Lipinski definition) is 3. The van der Waals surface area contributed by atoms with Crippen molar-refractivity contribution in [1.29, 1.82) is 0 Å². The number of carbonyl (C=O) groups excluding carboxylic acids is 1. The maximum atomic E-state index is 11.9. The Morgan fingerprint density at radius 2 is 2.35 bits per heavy atom. The summed E-state index contributed by atoms with van der Waals surface area (Å²) in [6, 6.07) is 1.75. The van der Waals surface area contributed by atoms with E-state index in [0.717, 1.165) is 4.47 Å². The van der Waals surface area contributed by atoms with Gasteiger partial charge in [-0.05, 0) is 35.2 Å². The van der Waals surface area contributed by atoms with Crippen molar-refractivity contribution in [1.82, 2.24) is 9.88 Å². The Morgan fingerprint density at radius 3 is 2.82 bits per heavy atom. The first-order valence-corrected chi connectivity index (χ1v) is 7.36. The van der Waals surface area contributed by atoms with Crippen molar-refractivity contribution in [3.05, 3.63) is 22.4 Å². The highest BCUT2D eigenvalue weighted by Gasteiger charge is 2.21. The van der Waals surface area contributed by atoms with Crippen molar-refractivity contribution in [2.24, 2.45) is 7.05 Å². The van der Waals surface area contributed by atoms with Crippen molar-refractivity contribution >= 4 is 33.6 Å². The van der Waals surface area contributed by atoms with Gasteiger partial charge in [0, 0.05) is 30.0 Å². The zero-order chi connectivity index (χ0) is 13.1. The monoisotopic (exact) mass is 320 g/mol. The second-order valence-electron chi connectivity index (χ2n) is 4.27. The van der Waals surface area contributed by atoms with Crippen molar-refractivity contribution in [3.63, 3.8) is 0 Å². The van der Waals surface area contributed by atoms with Gasteiger partial charge in [-0.2, -0.15) is 11.8 Å². The van der Waals surface area contributed by atoms with E-state index in [-0.39, 0.29) is 12.5 Å². The molecule has 0 fully saturated rings. The topological polar surface area (TPSA) is 54.3 Å². The van der Waals surface area contributed by atoms with Gasteiger partial charge in [-0.25, -0.2) is 0 Å². The van der Waals surface area contributed by atoms with Crippen LogP contribution in [0, 0.1) is 0 Å². The van der Waals surface area contributed by atoms with E-state index in [1.54, 1.807) is 36.4 Å². The van der Waals surface area contributed by atoms with Crippen molar-refractivity contribution < 1.29 is 9.90 Å². The molecule has 0 saturated carbocycles. The summed E-state index contributed by atoms with van der Waals surface area (Å²) in [6.45, 7) is 1.96. The first kappa shape index (κ1) is 14.6. The van der Waals surface area contributed by atoms with Crippen LogP contribution in [-0.4, -0.2) is 39.7 Å². The first-order chi connectivity index (χ1) is 7.85. The molecule has 17 heavy (non-hydrogen) atoms. The van der Waals surface area contributed by atoms with Gasteiger partial charge < -0.3 is 15.0 Å². The van der Waals surface area contributed by atoms with Crippen LogP contribution in [0.1, 0.15) is 17.4 Å². The fourth-order valence-electron chi connectivity index (χ4n) is 1.47. The number of carbonyl (C=O) groups is 1. The second-order valence-corrected chi connectivity index (χ2v) is 6.05.